The molecule has 180 valence electrons. The van der Waals surface area contributed by atoms with E-state index in [1.54, 1.807) is 19.6 Å². The van der Waals surface area contributed by atoms with Gasteiger partial charge in [-0.3, -0.25) is 4.57 Å². The molecule has 35 heavy (non-hydrogen) atoms. The maximum absolute atomic E-state index is 5.52. The Morgan fingerprint density at radius 1 is 1.11 bits per heavy atom. The lowest BCUT2D eigenvalue weighted by Crippen LogP contribution is -2.59. The highest BCUT2D eigenvalue weighted by atomic mass is 16.5. The SMILES string of the molecule is COC[C@H]1CN(c2ncc(C)cn2)CCN1C1=NCC(/C=C/c2ccc(-n3ccnc3)nc2)=CN1. The Hall–Kier alpha value is -4.05. The minimum absolute atomic E-state index is 0.149. The Morgan fingerprint density at radius 2 is 2.00 bits per heavy atom. The van der Waals surface area contributed by atoms with Gasteiger partial charge in [-0.2, -0.15) is 0 Å². The number of anilines is 1. The smallest absolute Gasteiger partial charge is 0.225 e. The molecule has 10 heteroatoms. The molecule has 1 N–H and O–H groups in total. The van der Waals surface area contributed by atoms with Gasteiger partial charge in [0.15, 0.2) is 5.96 Å². The first-order chi connectivity index (χ1) is 17.2. The van der Waals surface area contributed by atoms with Gasteiger partial charge in [0.2, 0.25) is 5.95 Å². The van der Waals surface area contributed by atoms with E-state index in [1.165, 1.54) is 0 Å². The summed E-state index contributed by atoms with van der Waals surface area (Å²) in [5, 5.41) is 3.38. The first kappa shape index (κ1) is 22.7. The van der Waals surface area contributed by atoms with Crippen molar-refractivity contribution in [1.82, 2.24) is 34.7 Å². The number of methoxy groups -OCH3 is 1. The Balaban J connectivity index is 1.19. The second-order valence-electron chi connectivity index (χ2n) is 8.57. The number of pyridine rings is 1. The van der Waals surface area contributed by atoms with Crippen molar-refractivity contribution >= 4 is 18.0 Å². The summed E-state index contributed by atoms with van der Waals surface area (Å²) in [7, 11) is 1.73. The third-order valence-corrected chi connectivity index (χ3v) is 5.99. The van der Waals surface area contributed by atoms with Crippen LogP contribution in [0.2, 0.25) is 0 Å². The number of aromatic nitrogens is 5. The molecular weight excluding hydrogens is 442 g/mol. The van der Waals surface area contributed by atoms with Crippen molar-refractivity contribution in [3.63, 3.8) is 0 Å². The molecule has 5 rings (SSSR count). The fraction of sp³-hybridized carbons (Fsp3) is 0.320. The van der Waals surface area contributed by atoms with Crippen LogP contribution in [0, 0.1) is 6.92 Å². The fourth-order valence-corrected chi connectivity index (χ4v) is 4.14. The van der Waals surface area contributed by atoms with Crippen LogP contribution in [0.15, 0.2) is 72.3 Å². The molecule has 0 aliphatic carbocycles. The summed E-state index contributed by atoms with van der Waals surface area (Å²) in [4.78, 5) is 26.8. The summed E-state index contributed by atoms with van der Waals surface area (Å²) < 4.78 is 7.39. The molecule has 0 spiro atoms. The van der Waals surface area contributed by atoms with Gasteiger partial charge < -0.3 is 19.9 Å². The monoisotopic (exact) mass is 471 g/mol. The van der Waals surface area contributed by atoms with Crippen LogP contribution in [0.25, 0.3) is 11.9 Å². The van der Waals surface area contributed by atoms with Crippen LogP contribution in [0.1, 0.15) is 11.1 Å². The molecule has 0 unspecified atom stereocenters. The molecule has 0 saturated carbocycles. The number of aliphatic imine (C=N–C) groups is 1. The van der Waals surface area contributed by atoms with Gasteiger partial charge in [-0.1, -0.05) is 12.2 Å². The van der Waals surface area contributed by atoms with Crippen LogP contribution in [0.3, 0.4) is 0 Å². The standard InChI is InChI=1S/C25H29N9O/c1-19-11-28-24(29-12-19)32-9-10-34(22(16-32)17-35-2)25-30-14-21(15-31-25)4-3-20-5-6-23(27-13-20)33-8-7-26-18-33/h3-8,11-14,18,22H,9-10,15-17H2,1-2H3,(H,30,31)/b4-3+/t22-/m1/s1. The van der Waals surface area contributed by atoms with Gasteiger partial charge in [0.05, 0.1) is 19.2 Å². The van der Waals surface area contributed by atoms with Crippen LogP contribution < -0.4 is 10.2 Å². The topological polar surface area (TPSA) is 96.6 Å². The molecule has 1 atom stereocenters. The Labute approximate surface area is 204 Å². The number of piperazine rings is 1. The van der Waals surface area contributed by atoms with Crippen molar-refractivity contribution in [2.75, 3.05) is 44.8 Å². The summed E-state index contributed by atoms with van der Waals surface area (Å²) in [6.07, 6.45) is 17.1. The second kappa shape index (κ2) is 10.5. The molecule has 0 bridgehead atoms. The number of guanidine groups is 1. The molecule has 5 heterocycles. The van der Waals surface area contributed by atoms with Gasteiger partial charge in [0, 0.05) is 63.9 Å². The van der Waals surface area contributed by atoms with Gasteiger partial charge in [-0.25, -0.2) is 24.9 Å². The number of rotatable bonds is 6. The first-order valence-corrected chi connectivity index (χ1v) is 11.6. The van der Waals surface area contributed by atoms with Crippen molar-refractivity contribution in [2.24, 2.45) is 4.99 Å². The molecule has 1 saturated heterocycles. The number of nitrogens with one attached hydrogen (secondary N) is 1. The molecule has 2 aliphatic heterocycles. The Kier molecular flexibility index (Phi) is 6.80. The van der Waals surface area contributed by atoms with E-state index < -0.39 is 0 Å². The van der Waals surface area contributed by atoms with Crippen molar-refractivity contribution in [3.05, 3.63) is 78.4 Å². The Morgan fingerprint density at radius 3 is 2.69 bits per heavy atom. The van der Waals surface area contributed by atoms with Crippen LogP contribution in [-0.2, 0) is 4.74 Å². The van der Waals surface area contributed by atoms with E-state index >= 15 is 0 Å². The molecule has 3 aromatic rings. The maximum Gasteiger partial charge on any atom is 0.225 e. The van der Waals surface area contributed by atoms with Crippen LogP contribution in [0.4, 0.5) is 5.95 Å². The van der Waals surface area contributed by atoms with Crippen molar-refractivity contribution in [1.29, 1.82) is 0 Å². The summed E-state index contributed by atoms with van der Waals surface area (Å²) in [5.41, 5.74) is 3.18. The highest BCUT2D eigenvalue weighted by molar-refractivity contribution is 5.83. The summed E-state index contributed by atoms with van der Waals surface area (Å²) in [6, 6.07) is 4.16. The molecule has 0 amide bonds. The minimum Gasteiger partial charge on any atom is -0.382 e. The molecule has 2 aliphatic rings. The Bertz CT molecular complexity index is 1200. The number of imidazole rings is 1. The van der Waals surface area contributed by atoms with Gasteiger partial charge in [-0.05, 0) is 35.8 Å². The van der Waals surface area contributed by atoms with Crippen LogP contribution >= 0.6 is 0 Å². The van der Waals surface area contributed by atoms with Crippen molar-refractivity contribution in [2.45, 2.75) is 13.0 Å². The van der Waals surface area contributed by atoms with Crippen LogP contribution in [0.5, 0.6) is 0 Å². The lowest BCUT2D eigenvalue weighted by molar-refractivity contribution is 0.119. The molecule has 0 aromatic carbocycles. The van der Waals surface area contributed by atoms with Gasteiger partial charge in [-0.15, -0.1) is 0 Å². The van der Waals surface area contributed by atoms with E-state index in [4.69, 9.17) is 9.73 Å². The summed E-state index contributed by atoms with van der Waals surface area (Å²) >= 11 is 0. The normalized spacial score (nSPS) is 18.4. The third-order valence-electron chi connectivity index (χ3n) is 5.99. The molecule has 3 aromatic heterocycles. The number of aryl methyl sites for hydroxylation is 1. The van der Waals surface area contributed by atoms with E-state index in [1.807, 2.05) is 60.7 Å². The van der Waals surface area contributed by atoms with E-state index in [0.29, 0.717) is 13.2 Å². The predicted octanol–water partition coefficient (Wildman–Crippen LogP) is 2.06. The zero-order valence-electron chi connectivity index (χ0n) is 19.9. The minimum atomic E-state index is 0.149. The average molecular weight is 472 g/mol. The molecule has 1 fully saturated rings. The molecule has 10 nitrogen and oxygen atoms in total. The van der Waals surface area contributed by atoms with Gasteiger partial charge in [0.25, 0.3) is 0 Å². The third kappa shape index (κ3) is 5.38. The zero-order valence-corrected chi connectivity index (χ0v) is 19.9. The van der Waals surface area contributed by atoms with E-state index in [9.17, 15) is 0 Å². The molecule has 0 radical (unpaired) electrons. The highest BCUT2D eigenvalue weighted by Crippen LogP contribution is 2.17. The zero-order chi connectivity index (χ0) is 24.0. The lowest BCUT2D eigenvalue weighted by atomic mass is 10.1. The fourth-order valence-electron chi connectivity index (χ4n) is 4.14. The van der Waals surface area contributed by atoms with Crippen molar-refractivity contribution in [3.8, 4) is 5.82 Å². The lowest BCUT2D eigenvalue weighted by Gasteiger charge is -2.42. The van der Waals surface area contributed by atoms with E-state index in [2.05, 4.69) is 41.1 Å². The van der Waals surface area contributed by atoms with Gasteiger partial charge >= 0.3 is 0 Å². The highest BCUT2D eigenvalue weighted by Gasteiger charge is 2.31. The quantitative estimate of drug-likeness (QED) is 0.584. The van der Waals surface area contributed by atoms with Gasteiger partial charge in [0.1, 0.15) is 12.1 Å². The van der Waals surface area contributed by atoms with E-state index in [0.717, 1.165) is 54.1 Å². The van der Waals surface area contributed by atoms with E-state index in [-0.39, 0.29) is 6.04 Å². The first-order valence-electron chi connectivity index (χ1n) is 11.6. The second-order valence-corrected chi connectivity index (χ2v) is 8.57. The number of nitrogens with zero attached hydrogens (tertiary/aromatic N) is 8. The number of hydrogen-bond acceptors (Lipinski definition) is 9. The van der Waals surface area contributed by atoms with Crippen LogP contribution in [-0.4, -0.2) is 81.3 Å². The summed E-state index contributed by atoms with van der Waals surface area (Å²) in [5.74, 6) is 2.47. The van der Waals surface area contributed by atoms with Crippen molar-refractivity contribution < 1.29 is 4.74 Å². The predicted molar refractivity (Wildman–Crippen MR) is 135 cm³/mol. The largest absolute Gasteiger partial charge is 0.382 e. The summed E-state index contributed by atoms with van der Waals surface area (Å²) in [6.45, 7) is 5.61. The maximum atomic E-state index is 5.52. The number of hydrogen-bond donors (Lipinski definition) is 1. The average Bonchev–Trinajstić information content (AvgIpc) is 3.44. The molecular formula is C25H29N9O. The number of ether oxygens (including phenoxy) is 1.